The van der Waals surface area contributed by atoms with Crippen LogP contribution in [-0.4, -0.2) is 24.1 Å². The molecule has 104 valence electrons. The Morgan fingerprint density at radius 1 is 1.37 bits per heavy atom. The Balaban J connectivity index is 2.68. The fraction of sp³-hybridized carbons (Fsp3) is 0.385. The molecule has 0 aliphatic heterocycles. The van der Waals surface area contributed by atoms with Gasteiger partial charge in [0.25, 0.3) is 0 Å². The summed E-state index contributed by atoms with van der Waals surface area (Å²) in [5.74, 6) is -0.684. The number of methoxy groups -OCH3 is 1. The minimum absolute atomic E-state index is 0.0236. The van der Waals surface area contributed by atoms with Gasteiger partial charge >= 0.3 is 5.97 Å². The van der Waals surface area contributed by atoms with Crippen LogP contribution in [0.1, 0.15) is 24.8 Å². The molecule has 6 heteroatoms. The predicted molar refractivity (Wildman–Crippen MR) is 72.9 cm³/mol. The number of ether oxygens (including phenoxy) is 1. The van der Waals surface area contributed by atoms with Crippen LogP contribution in [0, 0.1) is 6.92 Å². The lowest BCUT2D eigenvalue weighted by molar-refractivity contribution is -0.137. The number of carboxylic acid groups (broad SMARTS) is 1. The van der Waals surface area contributed by atoms with E-state index in [2.05, 4.69) is 5.32 Å². The van der Waals surface area contributed by atoms with Gasteiger partial charge in [0, 0.05) is 23.9 Å². The predicted octanol–water partition coefficient (Wildman–Crippen LogP) is 2.85. The molecule has 0 saturated heterocycles. The monoisotopic (exact) mass is 285 g/mol. The molecule has 19 heavy (non-hydrogen) atoms. The number of nitrogens with one attached hydrogen (secondary N) is 1. The van der Waals surface area contributed by atoms with Gasteiger partial charge in [0.1, 0.15) is 5.75 Å². The quantitative estimate of drug-likeness (QED) is 0.843. The summed E-state index contributed by atoms with van der Waals surface area (Å²) in [7, 11) is 1.49. The van der Waals surface area contributed by atoms with Gasteiger partial charge in [-0.2, -0.15) is 0 Å². The molecule has 0 fully saturated rings. The van der Waals surface area contributed by atoms with Crippen LogP contribution in [0.2, 0.25) is 5.02 Å². The Bertz CT molecular complexity index is 488. The van der Waals surface area contributed by atoms with Gasteiger partial charge in [-0.3, -0.25) is 9.59 Å². The molecule has 0 aliphatic carbocycles. The largest absolute Gasteiger partial charge is 0.495 e. The molecule has 2 N–H and O–H groups in total. The van der Waals surface area contributed by atoms with E-state index in [0.29, 0.717) is 22.9 Å². The molecule has 5 nitrogen and oxygen atoms in total. The van der Waals surface area contributed by atoms with Crippen LogP contribution < -0.4 is 10.1 Å². The van der Waals surface area contributed by atoms with E-state index in [4.69, 9.17) is 21.4 Å². The summed E-state index contributed by atoms with van der Waals surface area (Å²) in [5, 5.41) is 11.7. The van der Waals surface area contributed by atoms with Crippen LogP contribution >= 0.6 is 11.6 Å². The highest BCUT2D eigenvalue weighted by Gasteiger charge is 2.10. The summed E-state index contributed by atoms with van der Waals surface area (Å²) in [6.45, 7) is 1.82. The Morgan fingerprint density at radius 2 is 2.05 bits per heavy atom. The van der Waals surface area contributed by atoms with E-state index in [0.717, 1.165) is 5.56 Å². The van der Waals surface area contributed by atoms with Gasteiger partial charge in [0.2, 0.25) is 5.91 Å². The van der Waals surface area contributed by atoms with Crippen LogP contribution in [0.15, 0.2) is 12.1 Å². The van der Waals surface area contributed by atoms with Crippen molar-refractivity contribution < 1.29 is 19.4 Å². The number of amides is 1. The zero-order valence-corrected chi connectivity index (χ0v) is 11.6. The molecule has 1 rings (SSSR count). The van der Waals surface area contributed by atoms with E-state index in [1.807, 2.05) is 6.92 Å². The number of anilines is 1. The van der Waals surface area contributed by atoms with Crippen molar-refractivity contribution in [3.8, 4) is 5.75 Å². The van der Waals surface area contributed by atoms with E-state index in [9.17, 15) is 9.59 Å². The third-order valence-corrected chi connectivity index (χ3v) is 2.96. The second-order valence-electron chi connectivity index (χ2n) is 4.10. The zero-order chi connectivity index (χ0) is 14.4. The second kappa shape index (κ2) is 6.99. The number of rotatable bonds is 6. The molecule has 1 amide bonds. The summed E-state index contributed by atoms with van der Waals surface area (Å²) in [5.41, 5.74) is 1.35. The van der Waals surface area contributed by atoms with Gasteiger partial charge < -0.3 is 15.2 Å². The fourth-order valence-electron chi connectivity index (χ4n) is 1.54. The molecule has 0 aromatic heterocycles. The highest BCUT2D eigenvalue weighted by atomic mass is 35.5. The molecule has 0 bridgehead atoms. The van der Waals surface area contributed by atoms with Crippen molar-refractivity contribution in [2.45, 2.75) is 26.2 Å². The smallest absolute Gasteiger partial charge is 0.303 e. The normalized spacial score (nSPS) is 10.1. The summed E-state index contributed by atoms with van der Waals surface area (Å²) >= 11 is 5.96. The highest BCUT2D eigenvalue weighted by Crippen LogP contribution is 2.31. The molecular formula is C13H16ClNO4. The summed E-state index contributed by atoms with van der Waals surface area (Å²) in [6, 6.07) is 3.35. The Kier molecular flexibility index (Phi) is 5.63. The number of aliphatic carboxylic acids is 1. The van der Waals surface area contributed by atoms with Gasteiger partial charge in [-0.15, -0.1) is 0 Å². The van der Waals surface area contributed by atoms with Crippen molar-refractivity contribution in [1.82, 2.24) is 0 Å². The van der Waals surface area contributed by atoms with Gasteiger partial charge in [-0.25, -0.2) is 0 Å². The van der Waals surface area contributed by atoms with Gasteiger partial charge in [-0.1, -0.05) is 11.6 Å². The first kappa shape index (κ1) is 15.3. The Labute approximate surface area is 116 Å². The van der Waals surface area contributed by atoms with Crippen LogP contribution in [0.5, 0.6) is 5.75 Å². The standard InChI is InChI=1S/C13H16ClNO4/c1-8-6-10(11(19-2)7-9(8)14)15-12(16)4-3-5-13(17)18/h6-7H,3-5H2,1-2H3,(H,15,16)(H,17,18). The number of halogens is 1. The molecule has 0 spiro atoms. The number of aryl methyl sites for hydroxylation is 1. The molecule has 1 aromatic carbocycles. The van der Waals surface area contributed by atoms with Crippen LogP contribution in [-0.2, 0) is 9.59 Å². The van der Waals surface area contributed by atoms with E-state index in [1.165, 1.54) is 7.11 Å². The second-order valence-corrected chi connectivity index (χ2v) is 4.50. The van der Waals surface area contributed by atoms with E-state index in [1.54, 1.807) is 12.1 Å². The minimum Gasteiger partial charge on any atom is -0.495 e. The average Bonchev–Trinajstić information content (AvgIpc) is 2.33. The van der Waals surface area contributed by atoms with Crippen LogP contribution in [0.4, 0.5) is 5.69 Å². The Morgan fingerprint density at radius 3 is 2.63 bits per heavy atom. The molecule has 0 atom stereocenters. The fourth-order valence-corrected chi connectivity index (χ4v) is 1.70. The molecule has 0 heterocycles. The van der Waals surface area contributed by atoms with E-state index in [-0.39, 0.29) is 18.7 Å². The van der Waals surface area contributed by atoms with Crippen molar-refractivity contribution in [3.63, 3.8) is 0 Å². The lowest BCUT2D eigenvalue weighted by atomic mass is 10.2. The number of benzene rings is 1. The third kappa shape index (κ3) is 4.79. The topological polar surface area (TPSA) is 75.6 Å². The summed E-state index contributed by atoms with van der Waals surface area (Å²) < 4.78 is 5.13. The minimum atomic E-state index is -0.910. The maximum absolute atomic E-state index is 11.7. The molecule has 0 saturated carbocycles. The summed E-state index contributed by atoms with van der Waals surface area (Å²) in [4.78, 5) is 22.0. The van der Waals surface area contributed by atoms with Crippen LogP contribution in [0.3, 0.4) is 0 Å². The highest BCUT2D eigenvalue weighted by molar-refractivity contribution is 6.31. The lowest BCUT2D eigenvalue weighted by Crippen LogP contribution is -2.12. The van der Waals surface area contributed by atoms with E-state index >= 15 is 0 Å². The Hall–Kier alpha value is -1.75. The van der Waals surface area contributed by atoms with Crippen LogP contribution in [0.25, 0.3) is 0 Å². The van der Waals surface area contributed by atoms with Crippen molar-refractivity contribution in [3.05, 3.63) is 22.7 Å². The van der Waals surface area contributed by atoms with Gasteiger partial charge in [0.15, 0.2) is 0 Å². The lowest BCUT2D eigenvalue weighted by Gasteiger charge is -2.12. The van der Waals surface area contributed by atoms with Crippen molar-refractivity contribution in [1.29, 1.82) is 0 Å². The molecule has 1 aromatic rings. The number of hydrogen-bond donors (Lipinski definition) is 2. The average molecular weight is 286 g/mol. The molecule has 0 aliphatic rings. The van der Waals surface area contributed by atoms with Crippen molar-refractivity contribution in [2.75, 3.05) is 12.4 Å². The number of hydrogen-bond acceptors (Lipinski definition) is 3. The SMILES string of the molecule is COc1cc(Cl)c(C)cc1NC(=O)CCCC(=O)O. The maximum atomic E-state index is 11.7. The number of carbonyl (C=O) groups is 2. The number of carboxylic acids is 1. The summed E-state index contributed by atoms with van der Waals surface area (Å²) in [6.07, 6.45) is 0.428. The maximum Gasteiger partial charge on any atom is 0.303 e. The first-order chi connectivity index (χ1) is 8.93. The van der Waals surface area contributed by atoms with Crippen molar-refractivity contribution in [2.24, 2.45) is 0 Å². The first-order valence-electron chi connectivity index (χ1n) is 5.80. The van der Waals surface area contributed by atoms with Gasteiger partial charge in [0.05, 0.1) is 12.8 Å². The van der Waals surface area contributed by atoms with Crippen molar-refractivity contribution >= 4 is 29.2 Å². The zero-order valence-electron chi connectivity index (χ0n) is 10.8. The third-order valence-electron chi connectivity index (χ3n) is 2.55. The first-order valence-corrected chi connectivity index (χ1v) is 6.17. The number of carbonyl (C=O) groups excluding carboxylic acids is 1. The molecule has 0 unspecified atom stereocenters. The van der Waals surface area contributed by atoms with E-state index < -0.39 is 5.97 Å². The van der Waals surface area contributed by atoms with Gasteiger partial charge in [-0.05, 0) is 25.0 Å². The molecule has 0 radical (unpaired) electrons. The molecular weight excluding hydrogens is 270 g/mol.